The molecule has 7 rings (SSSR count). The van der Waals surface area contributed by atoms with Gasteiger partial charge in [0, 0.05) is 0 Å². The molecule has 0 bridgehead atoms. The lowest BCUT2D eigenvalue weighted by molar-refractivity contribution is -0.646. The molecule has 0 spiro atoms. The second kappa shape index (κ2) is 7.09. The quantitative estimate of drug-likeness (QED) is 0.270. The highest BCUT2D eigenvalue weighted by Crippen LogP contribution is 2.48. The second-order valence-electron chi connectivity index (χ2n) is 9.37. The molecule has 0 saturated heterocycles. The van der Waals surface area contributed by atoms with E-state index in [9.17, 15) is 29.7 Å². The van der Waals surface area contributed by atoms with Crippen molar-refractivity contribution in [1.82, 2.24) is 9.13 Å². The average molecular weight is 512 g/mol. The number of imidazole rings is 2. The second-order valence-corrected chi connectivity index (χ2v) is 9.37. The van der Waals surface area contributed by atoms with E-state index in [2.05, 4.69) is 5.32 Å². The lowest BCUT2D eigenvalue weighted by Crippen LogP contribution is -2.47. The van der Waals surface area contributed by atoms with Crippen molar-refractivity contribution in [3.63, 3.8) is 0 Å². The standard InChI is InChI=1S/C26H18N6O6/c1-28-16-7-4-13(22(35)36)10-19(16)31-24-27-15-6-3-12(21(33)34)9-18(15)30(24)25-29(2)17-8-5-14(23(37)38)11-20(17)32(25)26(28)31/h3-11,24,27H,1-2H3,(H-2,33,34,35,36,37,38)/p+2. The van der Waals surface area contributed by atoms with E-state index in [0.29, 0.717) is 34.3 Å². The van der Waals surface area contributed by atoms with Crippen LogP contribution in [-0.2, 0) is 14.1 Å². The monoisotopic (exact) mass is 512 g/mol. The van der Waals surface area contributed by atoms with Gasteiger partial charge in [0.15, 0.2) is 5.52 Å². The molecule has 1 unspecified atom stereocenters. The number of aromatic carboxylic acids is 3. The molecule has 38 heavy (non-hydrogen) atoms. The number of nitrogens with one attached hydrogen (secondary N) is 1. The Morgan fingerprint density at radius 1 is 0.737 bits per heavy atom. The van der Waals surface area contributed by atoms with Crippen molar-refractivity contribution < 1.29 is 38.8 Å². The summed E-state index contributed by atoms with van der Waals surface area (Å²) >= 11 is 0. The fourth-order valence-corrected chi connectivity index (χ4v) is 5.68. The maximum absolute atomic E-state index is 11.9. The Balaban J connectivity index is 1.65. The van der Waals surface area contributed by atoms with E-state index in [1.807, 2.05) is 37.3 Å². The minimum absolute atomic E-state index is 0.117. The fraction of sp³-hybridized carbons (Fsp3) is 0.115. The normalized spacial score (nSPS) is 15.1. The summed E-state index contributed by atoms with van der Waals surface area (Å²) in [5, 5.41) is 32.5. The van der Waals surface area contributed by atoms with Crippen LogP contribution in [0.2, 0.25) is 0 Å². The van der Waals surface area contributed by atoms with Gasteiger partial charge in [-0.3, -0.25) is 0 Å². The van der Waals surface area contributed by atoms with Crippen LogP contribution in [0.25, 0.3) is 28.0 Å². The largest absolute Gasteiger partial charge is 0.478 e. The predicted molar refractivity (Wildman–Crippen MR) is 133 cm³/mol. The third-order valence-electron chi connectivity index (χ3n) is 7.38. The van der Waals surface area contributed by atoms with Crippen LogP contribution < -0.4 is 19.4 Å². The Hall–Kier alpha value is -5.39. The zero-order chi connectivity index (χ0) is 26.6. The molecule has 12 heteroatoms. The molecule has 4 N–H and O–H groups in total. The molecule has 1 atom stereocenters. The molecule has 4 heterocycles. The van der Waals surface area contributed by atoms with E-state index >= 15 is 0 Å². The summed E-state index contributed by atoms with van der Waals surface area (Å²) in [6, 6.07) is 14.6. The molecule has 0 saturated carbocycles. The van der Waals surface area contributed by atoms with Gasteiger partial charge in [-0.15, -0.1) is 4.57 Å². The molecule has 0 amide bonds. The van der Waals surface area contributed by atoms with Gasteiger partial charge in [0.2, 0.25) is 0 Å². The summed E-state index contributed by atoms with van der Waals surface area (Å²) in [5.41, 5.74) is 4.47. The van der Waals surface area contributed by atoms with Gasteiger partial charge in [-0.1, -0.05) is 0 Å². The number of nitrogens with zero attached hydrogens (tertiary/aromatic N) is 5. The minimum Gasteiger partial charge on any atom is -0.478 e. The van der Waals surface area contributed by atoms with Gasteiger partial charge in [0.25, 0.3) is 6.29 Å². The highest BCUT2D eigenvalue weighted by molar-refractivity contribution is 5.96. The molecule has 0 radical (unpaired) electrons. The van der Waals surface area contributed by atoms with Gasteiger partial charge in [0.05, 0.1) is 36.5 Å². The van der Waals surface area contributed by atoms with Gasteiger partial charge in [-0.05, 0) is 54.6 Å². The highest BCUT2D eigenvalue weighted by atomic mass is 16.4. The molecule has 2 aliphatic heterocycles. The van der Waals surface area contributed by atoms with E-state index in [4.69, 9.17) is 0 Å². The number of carbonyl (C=O) groups is 3. The number of hydrogen-bond acceptors (Lipinski definition) is 5. The number of aryl methyl sites for hydroxylation is 2. The first kappa shape index (κ1) is 21.9. The maximum atomic E-state index is 11.9. The maximum Gasteiger partial charge on any atom is 0.379 e. The summed E-state index contributed by atoms with van der Waals surface area (Å²) in [4.78, 5) is 37.5. The zero-order valence-electron chi connectivity index (χ0n) is 20.1. The van der Waals surface area contributed by atoms with Gasteiger partial charge in [-0.25, -0.2) is 23.5 Å². The summed E-state index contributed by atoms with van der Waals surface area (Å²) in [5.74, 6) is -1.84. The minimum atomic E-state index is -1.06. The molecule has 3 aromatic carbocycles. The number of anilines is 3. The third kappa shape index (κ3) is 2.60. The molecular weight excluding hydrogens is 492 g/mol. The van der Waals surface area contributed by atoms with Crippen molar-refractivity contribution >= 4 is 57.3 Å². The molecule has 12 nitrogen and oxygen atoms in total. The van der Waals surface area contributed by atoms with Gasteiger partial charge in [0.1, 0.15) is 22.2 Å². The van der Waals surface area contributed by atoms with E-state index in [1.54, 1.807) is 48.5 Å². The van der Waals surface area contributed by atoms with Gasteiger partial charge < -0.3 is 20.6 Å². The van der Waals surface area contributed by atoms with Crippen molar-refractivity contribution in [2.45, 2.75) is 6.29 Å². The topological polar surface area (TPSA) is 145 Å². The van der Waals surface area contributed by atoms with Gasteiger partial charge >= 0.3 is 29.8 Å². The predicted octanol–water partition coefficient (Wildman–Crippen LogP) is 2.36. The van der Waals surface area contributed by atoms with Crippen molar-refractivity contribution in [3.05, 3.63) is 71.3 Å². The highest BCUT2D eigenvalue weighted by Gasteiger charge is 2.52. The smallest absolute Gasteiger partial charge is 0.379 e. The summed E-state index contributed by atoms with van der Waals surface area (Å²) in [6.07, 6.45) is -0.557. The number of hydrogen-bond donors (Lipinski definition) is 4. The van der Waals surface area contributed by atoms with Crippen LogP contribution in [0.3, 0.4) is 0 Å². The van der Waals surface area contributed by atoms with E-state index in [0.717, 1.165) is 11.0 Å². The number of aromatic nitrogens is 4. The van der Waals surface area contributed by atoms with Crippen LogP contribution in [-0.4, -0.2) is 42.4 Å². The van der Waals surface area contributed by atoms with Crippen LogP contribution in [0.1, 0.15) is 37.4 Å². The summed E-state index contributed by atoms with van der Waals surface area (Å²) in [7, 11) is 3.73. The molecule has 188 valence electrons. The fourth-order valence-electron chi connectivity index (χ4n) is 5.68. The lowest BCUT2D eigenvalue weighted by Gasteiger charge is -2.25. The Bertz CT molecular complexity index is 1940. The first-order valence-corrected chi connectivity index (χ1v) is 11.7. The number of rotatable bonds is 3. The number of benzene rings is 3. The number of carboxylic acid groups (broad SMARTS) is 3. The molecule has 0 fully saturated rings. The number of fused-ring (bicyclic) bond motifs is 12. The van der Waals surface area contributed by atoms with Crippen molar-refractivity contribution in [1.29, 1.82) is 0 Å². The molecular formula is C26H20N6O6+2. The molecule has 2 aliphatic rings. The van der Waals surface area contributed by atoms with Crippen molar-refractivity contribution in [2.24, 2.45) is 14.1 Å². The average Bonchev–Trinajstić information content (AvgIpc) is 3.51. The van der Waals surface area contributed by atoms with E-state index in [-0.39, 0.29) is 16.7 Å². The SMILES string of the molecule is C[n+]1c2n(c3cc(C(=O)O)ccc31)-c1n(c3cc(C(=O)O)ccc3[n+]1C)C1Nc3ccc(C(=O)O)cc3N21. The molecule has 2 aromatic heterocycles. The third-order valence-corrected chi connectivity index (χ3v) is 7.38. The molecule has 0 aliphatic carbocycles. The summed E-state index contributed by atoms with van der Waals surface area (Å²) in [6.45, 7) is 0. The van der Waals surface area contributed by atoms with Crippen LogP contribution in [0.4, 0.5) is 17.3 Å². The number of carboxylic acids is 3. The first-order chi connectivity index (χ1) is 18.2. The summed E-state index contributed by atoms with van der Waals surface area (Å²) < 4.78 is 7.73. The van der Waals surface area contributed by atoms with Crippen LogP contribution in [0.15, 0.2) is 54.6 Å². The van der Waals surface area contributed by atoms with Crippen LogP contribution in [0, 0.1) is 0 Å². The zero-order valence-corrected chi connectivity index (χ0v) is 20.1. The first-order valence-electron chi connectivity index (χ1n) is 11.7. The van der Waals surface area contributed by atoms with Crippen LogP contribution >= 0.6 is 0 Å². The van der Waals surface area contributed by atoms with Crippen molar-refractivity contribution in [2.75, 3.05) is 10.2 Å². The van der Waals surface area contributed by atoms with Crippen molar-refractivity contribution in [3.8, 4) is 5.95 Å². The Morgan fingerprint density at radius 3 is 1.89 bits per heavy atom. The van der Waals surface area contributed by atoms with Crippen LogP contribution in [0.5, 0.6) is 0 Å². The Morgan fingerprint density at radius 2 is 1.26 bits per heavy atom. The lowest BCUT2D eigenvalue weighted by atomic mass is 10.1. The van der Waals surface area contributed by atoms with E-state index in [1.165, 1.54) is 6.07 Å². The van der Waals surface area contributed by atoms with Gasteiger partial charge in [-0.2, -0.15) is 9.47 Å². The van der Waals surface area contributed by atoms with E-state index < -0.39 is 24.2 Å². The Labute approximate surface area is 213 Å². The molecule has 5 aromatic rings. The Kier molecular flexibility index (Phi) is 4.08.